The minimum Gasteiger partial charge on any atom is -0.501 e. The lowest BCUT2D eigenvalue weighted by Gasteiger charge is -2.07. The molecule has 0 saturated carbocycles. The first-order valence-corrected chi connectivity index (χ1v) is 4.77. The highest BCUT2D eigenvalue weighted by atomic mass is 19.4. The first kappa shape index (κ1) is 12.5. The maximum atomic E-state index is 12.3. The van der Waals surface area contributed by atoms with E-state index in [2.05, 4.69) is 4.98 Å². The number of alkyl halides is 3. The summed E-state index contributed by atoms with van der Waals surface area (Å²) in [6, 6.07) is 1.02. The summed E-state index contributed by atoms with van der Waals surface area (Å²) in [5.41, 5.74) is 0.248. The zero-order valence-corrected chi connectivity index (χ0v) is 9.01. The van der Waals surface area contributed by atoms with Crippen molar-refractivity contribution >= 4 is 6.08 Å². The first-order chi connectivity index (χ1) is 7.45. The molecule has 88 valence electrons. The number of rotatable bonds is 3. The second kappa shape index (κ2) is 5.01. The predicted molar refractivity (Wildman–Crippen MR) is 54.6 cm³/mol. The van der Waals surface area contributed by atoms with E-state index in [9.17, 15) is 13.2 Å². The number of aryl methyl sites for hydroxylation is 1. The fourth-order valence-corrected chi connectivity index (χ4v) is 1.11. The van der Waals surface area contributed by atoms with Crippen LogP contribution in [-0.2, 0) is 10.9 Å². The Balaban J connectivity index is 2.92. The van der Waals surface area contributed by atoms with E-state index in [4.69, 9.17) is 4.74 Å². The summed E-state index contributed by atoms with van der Waals surface area (Å²) < 4.78 is 41.9. The van der Waals surface area contributed by atoms with Gasteiger partial charge in [0.15, 0.2) is 0 Å². The Labute approximate surface area is 91.8 Å². The summed E-state index contributed by atoms with van der Waals surface area (Å²) in [6.45, 7) is 3.94. The standard InChI is InChI=1S/C11H12F3NO/c1-3-16-5-4-9-7-15-10(6-8(9)2)11(12,13)14/h4-7H,3H2,1-2H3/b5-4+. The number of pyridine rings is 1. The molecule has 0 amide bonds. The highest BCUT2D eigenvalue weighted by molar-refractivity contribution is 5.51. The molecular formula is C11H12F3NO. The van der Waals surface area contributed by atoms with Crippen molar-refractivity contribution in [2.45, 2.75) is 20.0 Å². The molecule has 1 rings (SSSR count). The summed E-state index contributed by atoms with van der Waals surface area (Å²) in [7, 11) is 0. The van der Waals surface area contributed by atoms with Gasteiger partial charge in [0.25, 0.3) is 0 Å². The minimum atomic E-state index is -4.40. The third kappa shape index (κ3) is 3.25. The lowest BCUT2D eigenvalue weighted by Crippen LogP contribution is -2.08. The smallest absolute Gasteiger partial charge is 0.433 e. The largest absolute Gasteiger partial charge is 0.501 e. The number of hydrogen-bond donors (Lipinski definition) is 0. The van der Waals surface area contributed by atoms with Crippen molar-refractivity contribution in [3.8, 4) is 0 Å². The van der Waals surface area contributed by atoms with Crippen molar-refractivity contribution in [1.29, 1.82) is 0 Å². The molecule has 16 heavy (non-hydrogen) atoms. The van der Waals surface area contributed by atoms with Crippen LogP contribution in [-0.4, -0.2) is 11.6 Å². The monoisotopic (exact) mass is 231 g/mol. The second-order valence-electron chi connectivity index (χ2n) is 3.18. The quantitative estimate of drug-likeness (QED) is 0.743. The van der Waals surface area contributed by atoms with Crippen LogP contribution in [0, 0.1) is 6.92 Å². The summed E-state index contributed by atoms with van der Waals surface area (Å²) in [4.78, 5) is 3.36. The van der Waals surface area contributed by atoms with Gasteiger partial charge in [-0.3, -0.25) is 4.98 Å². The van der Waals surface area contributed by atoms with Crippen molar-refractivity contribution in [2.24, 2.45) is 0 Å². The van der Waals surface area contributed by atoms with Gasteiger partial charge >= 0.3 is 6.18 Å². The van der Waals surface area contributed by atoms with Crippen LogP contribution < -0.4 is 0 Å². The van der Waals surface area contributed by atoms with Gasteiger partial charge in [0.2, 0.25) is 0 Å². The highest BCUT2D eigenvalue weighted by Crippen LogP contribution is 2.28. The van der Waals surface area contributed by atoms with Crippen LogP contribution in [0.4, 0.5) is 13.2 Å². The molecule has 2 nitrogen and oxygen atoms in total. The van der Waals surface area contributed by atoms with Crippen LogP contribution in [0.3, 0.4) is 0 Å². The fraction of sp³-hybridized carbons (Fsp3) is 0.364. The number of ether oxygens (including phenoxy) is 1. The van der Waals surface area contributed by atoms with Crippen LogP contribution in [0.15, 0.2) is 18.5 Å². The van der Waals surface area contributed by atoms with Crippen LogP contribution in [0.1, 0.15) is 23.7 Å². The van der Waals surface area contributed by atoms with Crippen molar-refractivity contribution in [1.82, 2.24) is 4.98 Å². The topological polar surface area (TPSA) is 22.1 Å². The Kier molecular flexibility index (Phi) is 3.93. The van der Waals surface area contributed by atoms with Gasteiger partial charge in [-0.2, -0.15) is 13.2 Å². The van der Waals surface area contributed by atoms with E-state index in [1.165, 1.54) is 12.5 Å². The van der Waals surface area contributed by atoms with E-state index in [1.54, 1.807) is 13.0 Å². The van der Waals surface area contributed by atoms with Gasteiger partial charge in [0.05, 0.1) is 12.9 Å². The van der Waals surface area contributed by atoms with Gasteiger partial charge in [-0.1, -0.05) is 0 Å². The zero-order chi connectivity index (χ0) is 12.2. The average Bonchev–Trinajstić information content (AvgIpc) is 2.19. The van der Waals surface area contributed by atoms with Gasteiger partial charge in [0, 0.05) is 6.20 Å². The molecule has 0 fully saturated rings. The van der Waals surface area contributed by atoms with E-state index in [0.29, 0.717) is 17.7 Å². The maximum absolute atomic E-state index is 12.3. The molecule has 0 aliphatic rings. The Morgan fingerprint density at radius 2 is 2.12 bits per heavy atom. The molecule has 0 bridgehead atoms. The molecule has 0 aliphatic carbocycles. The fourth-order valence-electron chi connectivity index (χ4n) is 1.11. The Morgan fingerprint density at radius 3 is 2.62 bits per heavy atom. The molecule has 5 heteroatoms. The van der Waals surface area contributed by atoms with Gasteiger partial charge in [-0.05, 0) is 37.1 Å². The number of nitrogens with zero attached hydrogens (tertiary/aromatic N) is 1. The van der Waals surface area contributed by atoms with Gasteiger partial charge in [0.1, 0.15) is 5.69 Å². The van der Waals surface area contributed by atoms with E-state index in [-0.39, 0.29) is 0 Å². The zero-order valence-electron chi connectivity index (χ0n) is 9.01. The highest BCUT2D eigenvalue weighted by Gasteiger charge is 2.32. The molecule has 0 N–H and O–H groups in total. The first-order valence-electron chi connectivity index (χ1n) is 4.77. The second-order valence-corrected chi connectivity index (χ2v) is 3.18. The molecule has 0 spiro atoms. The van der Waals surface area contributed by atoms with Gasteiger partial charge in [-0.15, -0.1) is 0 Å². The minimum absolute atomic E-state index is 0.512. The summed E-state index contributed by atoms with van der Waals surface area (Å²) in [5.74, 6) is 0. The lowest BCUT2D eigenvalue weighted by molar-refractivity contribution is -0.141. The number of aromatic nitrogens is 1. The van der Waals surface area contributed by atoms with Crippen LogP contribution >= 0.6 is 0 Å². The molecule has 0 unspecified atom stereocenters. The third-order valence-corrected chi connectivity index (χ3v) is 1.95. The summed E-state index contributed by atoms with van der Waals surface area (Å²) in [6.07, 6.45) is -0.177. The SMILES string of the molecule is CCO/C=C/c1cnc(C(F)(F)F)cc1C. The Bertz CT molecular complexity index is 385. The van der Waals surface area contributed by atoms with Crippen molar-refractivity contribution < 1.29 is 17.9 Å². The molecule has 1 aromatic heterocycles. The number of halogens is 3. The average molecular weight is 231 g/mol. The number of hydrogen-bond acceptors (Lipinski definition) is 2. The molecular weight excluding hydrogens is 219 g/mol. The van der Waals surface area contributed by atoms with E-state index < -0.39 is 11.9 Å². The summed E-state index contributed by atoms with van der Waals surface area (Å²) in [5, 5.41) is 0. The molecule has 0 radical (unpaired) electrons. The maximum Gasteiger partial charge on any atom is 0.433 e. The van der Waals surface area contributed by atoms with Crippen LogP contribution in [0.25, 0.3) is 6.08 Å². The van der Waals surface area contributed by atoms with Gasteiger partial charge in [-0.25, -0.2) is 0 Å². The molecule has 0 saturated heterocycles. The van der Waals surface area contributed by atoms with Gasteiger partial charge < -0.3 is 4.74 Å². The molecule has 0 aliphatic heterocycles. The molecule has 1 heterocycles. The predicted octanol–water partition coefficient (Wildman–Crippen LogP) is 3.42. The lowest BCUT2D eigenvalue weighted by atomic mass is 10.1. The van der Waals surface area contributed by atoms with Crippen molar-refractivity contribution in [2.75, 3.05) is 6.61 Å². The van der Waals surface area contributed by atoms with E-state index in [1.807, 2.05) is 6.92 Å². The normalized spacial score (nSPS) is 12.1. The van der Waals surface area contributed by atoms with Crippen LogP contribution in [0.5, 0.6) is 0 Å². The third-order valence-electron chi connectivity index (χ3n) is 1.95. The summed E-state index contributed by atoms with van der Waals surface area (Å²) >= 11 is 0. The van der Waals surface area contributed by atoms with E-state index in [0.717, 1.165) is 6.07 Å². The molecule has 0 aromatic carbocycles. The Hall–Kier alpha value is -1.52. The molecule has 0 atom stereocenters. The van der Waals surface area contributed by atoms with Crippen LogP contribution in [0.2, 0.25) is 0 Å². The van der Waals surface area contributed by atoms with E-state index >= 15 is 0 Å². The van der Waals surface area contributed by atoms with Crippen molar-refractivity contribution in [3.05, 3.63) is 35.3 Å². The molecule has 1 aromatic rings. The Morgan fingerprint density at radius 1 is 1.44 bits per heavy atom. The van der Waals surface area contributed by atoms with Crippen molar-refractivity contribution in [3.63, 3.8) is 0 Å².